The lowest BCUT2D eigenvalue weighted by Gasteiger charge is -2.14. The number of hydrogen-bond acceptors (Lipinski definition) is 6. The number of nitrogens with one attached hydrogen (secondary N) is 2. The lowest BCUT2D eigenvalue weighted by Crippen LogP contribution is -2.24. The zero-order valence-electron chi connectivity index (χ0n) is 13.1. The van der Waals surface area contributed by atoms with Crippen molar-refractivity contribution in [1.82, 2.24) is 10.6 Å². The molecular formula is C15H26N2O4. The van der Waals surface area contributed by atoms with Crippen LogP contribution in [0.1, 0.15) is 12.0 Å². The SMILES string of the molecule is COc1cc(OC)c(OC)cc1CNCCCNCCO. The van der Waals surface area contributed by atoms with Crippen molar-refractivity contribution < 1.29 is 19.3 Å². The Kier molecular flexibility index (Phi) is 8.57. The molecule has 1 aromatic rings. The molecular weight excluding hydrogens is 272 g/mol. The number of hydrogen-bond donors (Lipinski definition) is 3. The molecule has 120 valence electrons. The van der Waals surface area contributed by atoms with Crippen LogP contribution >= 0.6 is 0 Å². The van der Waals surface area contributed by atoms with E-state index in [0.29, 0.717) is 24.6 Å². The number of rotatable bonds is 11. The number of aliphatic hydroxyl groups excluding tert-OH is 1. The molecule has 0 aliphatic heterocycles. The molecule has 0 aliphatic carbocycles. The standard InChI is InChI=1S/C15H26N2O4/c1-19-13-10-15(21-3)14(20-2)9-12(13)11-17-6-4-5-16-7-8-18/h9-10,16-18H,4-8,11H2,1-3H3. The lowest BCUT2D eigenvalue weighted by molar-refractivity contribution is 0.292. The number of benzene rings is 1. The number of ether oxygens (including phenoxy) is 3. The first kappa shape index (κ1) is 17.6. The summed E-state index contributed by atoms with van der Waals surface area (Å²) in [5.74, 6) is 2.13. The van der Waals surface area contributed by atoms with Gasteiger partial charge in [0.2, 0.25) is 0 Å². The van der Waals surface area contributed by atoms with E-state index in [4.69, 9.17) is 19.3 Å². The number of aliphatic hydroxyl groups is 1. The molecule has 0 aromatic heterocycles. The third-order valence-corrected chi connectivity index (χ3v) is 3.10. The Hall–Kier alpha value is -1.50. The van der Waals surface area contributed by atoms with Gasteiger partial charge in [0.25, 0.3) is 0 Å². The average molecular weight is 298 g/mol. The van der Waals surface area contributed by atoms with Gasteiger partial charge in [-0.15, -0.1) is 0 Å². The van der Waals surface area contributed by atoms with E-state index in [-0.39, 0.29) is 6.61 Å². The molecule has 0 fully saturated rings. The molecule has 0 radical (unpaired) electrons. The first-order valence-electron chi connectivity index (χ1n) is 7.08. The molecule has 0 aliphatic rings. The second kappa shape index (κ2) is 10.3. The van der Waals surface area contributed by atoms with Crippen LogP contribution in [0.15, 0.2) is 12.1 Å². The zero-order chi connectivity index (χ0) is 15.5. The molecule has 0 unspecified atom stereocenters. The maximum atomic E-state index is 8.65. The largest absolute Gasteiger partial charge is 0.496 e. The first-order valence-corrected chi connectivity index (χ1v) is 7.08. The Bertz CT molecular complexity index is 413. The summed E-state index contributed by atoms with van der Waals surface area (Å²) >= 11 is 0. The molecule has 0 bridgehead atoms. The highest BCUT2D eigenvalue weighted by Gasteiger charge is 2.11. The van der Waals surface area contributed by atoms with Crippen LogP contribution in [0.5, 0.6) is 17.2 Å². The van der Waals surface area contributed by atoms with Gasteiger partial charge in [-0.2, -0.15) is 0 Å². The van der Waals surface area contributed by atoms with Gasteiger partial charge in [-0.1, -0.05) is 0 Å². The molecule has 21 heavy (non-hydrogen) atoms. The Morgan fingerprint density at radius 3 is 2.10 bits per heavy atom. The Labute approximate surface area is 126 Å². The molecule has 0 spiro atoms. The fourth-order valence-corrected chi connectivity index (χ4v) is 2.00. The van der Waals surface area contributed by atoms with Crippen molar-refractivity contribution >= 4 is 0 Å². The van der Waals surface area contributed by atoms with Gasteiger partial charge in [0, 0.05) is 24.7 Å². The van der Waals surface area contributed by atoms with E-state index >= 15 is 0 Å². The topological polar surface area (TPSA) is 72.0 Å². The van der Waals surface area contributed by atoms with Gasteiger partial charge in [-0.05, 0) is 25.6 Å². The van der Waals surface area contributed by atoms with Crippen LogP contribution in [0, 0.1) is 0 Å². The Morgan fingerprint density at radius 1 is 0.857 bits per heavy atom. The summed E-state index contributed by atoms with van der Waals surface area (Å²) in [5, 5.41) is 15.2. The summed E-state index contributed by atoms with van der Waals surface area (Å²) in [6.45, 7) is 3.29. The van der Waals surface area contributed by atoms with Crippen LogP contribution < -0.4 is 24.8 Å². The van der Waals surface area contributed by atoms with Gasteiger partial charge in [0.1, 0.15) is 5.75 Å². The lowest BCUT2D eigenvalue weighted by atomic mass is 10.1. The molecule has 1 aromatic carbocycles. The van der Waals surface area contributed by atoms with E-state index in [1.165, 1.54) is 0 Å². The average Bonchev–Trinajstić information content (AvgIpc) is 2.53. The van der Waals surface area contributed by atoms with E-state index in [1.807, 2.05) is 12.1 Å². The van der Waals surface area contributed by atoms with Crippen molar-refractivity contribution in [3.63, 3.8) is 0 Å². The van der Waals surface area contributed by atoms with E-state index < -0.39 is 0 Å². The summed E-state index contributed by atoms with van der Waals surface area (Å²) in [7, 11) is 4.87. The number of methoxy groups -OCH3 is 3. The molecule has 3 N–H and O–H groups in total. The Morgan fingerprint density at radius 2 is 1.48 bits per heavy atom. The van der Waals surface area contributed by atoms with Crippen molar-refractivity contribution in [1.29, 1.82) is 0 Å². The van der Waals surface area contributed by atoms with E-state index in [1.54, 1.807) is 21.3 Å². The predicted molar refractivity (Wildman–Crippen MR) is 82.4 cm³/mol. The molecule has 0 amide bonds. The van der Waals surface area contributed by atoms with Gasteiger partial charge in [-0.25, -0.2) is 0 Å². The van der Waals surface area contributed by atoms with Crippen LogP contribution in [-0.2, 0) is 6.54 Å². The first-order chi connectivity index (χ1) is 10.3. The van der Waals surface area contributed by atoms with Crippen molar-refractivity contribution in [3.05, 3.63) is 17.7 Å². The summed E-state index contributed by atoms with van der Waals surface area (Å²) in [6.07, 6.45) is 0.996. The molecule has 0 saturated heterocycles. The normalized spacial score (nSPS) is 10.5. The summed E-state index contributed by atoms with van der Waals surface area (Å²) in [5.41, 5.74) is 1.03. The second-order valence-corrected chi connectivity index (χ2v) is 4.52. The third-order valence-electron chi connectivity index (χ3n) is 3.10. The minimum atomic E-state index is 0.177. The van der Waals surface area contributed by atoms with Crippen molar-refractivity contribution in [2.24, 2.45) is 0 Å². The van der Waals surface area contributed by atoms with Crippen LogP contribution in [0.3, 0.4) is 0 Å². The summed E-state index contributed by atoms with van der Waals surface area (Å²) in [6, 6.07) is 3.76. The van der Waals surface area contributed by atoms with Gasteiger partial charge < -0.3 is 30.0 Å². The molecule has 0 heterocycles. The van der Waals surface area contributed by atoms with Gasteiger partial charge in [-0.3, -0.25) is 0 Å². The zero-order valence-corrected chi connectivity index (χ0v) is 13.1. The molecule has 1 rings (SSSR count). The van der Waals surface area contributed by atoms with E-state index in [2.05, 4.69) is 10.6 Å². The smallest absolute Gasteiger partial charge is 0.164 e. The molecule has 0 atom stereocenters. The molecule has 0 saturated carbocycles. The second-order valence-electron chi connectivity index (χ2n) is 4.52. The van der Waals surface area contributed by atoms with Gasteiger partial charge in [0.15, 0.2) is 11.5 Å². The molecule has 6 nitrogen and oxygen atoms in total. The maximum absolute atomic E-state index is 8.65. The van der Waals surface area contributed by atoms with Gasteiger partial charge in [0.05, 0.1) is 27.9 Å². The third kappa shape index (κ3) is 5.79. The predicted octanol–water partition coefficient (Wildman–Crippen LogP) is 0.774. The minimum Gasteiger partial charge on any atom is -0.496 e. The van der Waals surface area contributed by atoms with Crippen molar-refractivity contribution in [2.45, 2.75) is 13.0 Å². The van der Waals surface area contributed by atoms with Crippen LogP contribution in [-0.4, -0.2) is 52.7 Å². The van der Waals surface area contributed by atoms with E-state index in [9.17, 15) is 0 Å². The van der Waals surface area contributed by atoms with Crippen molar-refractivity contribution in [2.75, 3.05) is 47.6 Å². The molecule has 6 heteroatoms. The minimum absolute atomic E-state index is 0.177. The monoisotopic (exact) mass is 298 g/mol. The fraction of sp³-hybridized carbons (Fsp3) is 0.600. The summed E-state index contributed by atoms with van der Waals surface area (Å²) in [4.78, 5) is 0. The quantitative estimate of drug-likeness (QED) is 0.524. The fourth-order valence-electron chi connectivity index (χ4n) is 2.00. The highest BCUT2D eigenvalue weighted by molar-refractivity contribution is 5.50. The van der Waals surface area contributed by atoms with Crippen LogP contribution in [0.2, 0.25) is 0 Å². The van der Waals surface area contributed by atoms with Crippen LogP contribution in [0.25, 0.3) is 0 Å². The highest BCUT2D eigenvalue weighted by Crippen LogP contribution is 2.34. The van der Waals surface area contributed by atoms with Gasteiger partial charge >= 0.3 is 0 Å². The van der Waals surface area contributed by atoms with Crippen molar-refractivity contribution in [3.8, 4) is 17.2 Å². The highest BCUT2D eigenvalue weighted by atomic mass is 16.5. The Balaban J connectivity index is 2.49. The summed E-state index contributed by atoms with van der Waals surface area (Å²) < 4.78 is 15.9. The van der Waals surface area contributed by atoms with E-state index in [0.717, 1.165) is 30.8 Å². The van der Waals surface area contributed by atoms with Crippen LogP contribution in [0.4, 0.5) is 0 Å². The maximum Gasteiger partial charge on any atom is 0.164 e.